The van der Waals surface area contributed by atoms with Gasteiger partial charge < -0.3 is 15.1 Å². The van der Waals surface area contributed by atoms with E-state index in [4.69, 9.17) is 11.6 Å². The molecule has 0 heterocycles. The summed E-state index contributed by atoms with van der Waals surface area (Å²) in [6.45, 7) is 4.13. The molecule has 0 saturated heterocycles. The van der Waals surface area contributed by atoms with E-state index < -0.39 is 0 Å². The number of anilines is 2. The van der Waals surface area contributed by atoms with Crippen molar-refractivity contribution in [2.75, 3.05) is 37.4 Å². The summed E-state index contributed by atoms with van der Waals surface area (Å²) in [4.78, 5) is 28.1. The predicted octanol–water partition coefficient (Wildman–Crippen LogP) is 3.67. The van der Waals surface area contributed by atoms with Crippen LogP contribution >= 0.6 is 11.6 Å². The summed E-state index contributed by atoms with van der Waals surface area (Å²) in [5.41, 5.74) is 1.77. The first-order valence-electron chi connectivity index (χ1n) is 8.15. The normalized spacial score (nSPS) is 10.1. The zero-order valence-electron chi connectivity index (χ0n) is 14.9. The molecule has 2 amide bonds. The van der Waals surface area contributed by atoms with Gasteiger partial charge in [-0.1, -0.05) is 35.9 Å². The van der Waals surface area contributed by atoms with Crippen LogP contribution in [0.4, 0.5) is 11.4 Å². The van der Waals surface area contributed by atoms with Gasteiger partial charge in [0.2, 0.25) is 5.91 Å². The molecule has 136 valence electrons. The van der Waals surface area contributed by atoms with Gasteiger partial charge in [-0.05, 0) is 30.3 Å². The first kappa shape index (κ1) is 19.5. The number of para-hydroxylation sites is 1. The lowest BCUT2D eigenvalue weighted by Gasteiger charge is -2.22. The molecule has 0 saturated carbocycles. The number of hydrogen-bond acceptors (Lipinski definition) is 3. The third-order valence-corrected chi connectivity index (χ3v) is 3.96. The van der Waals surface area contributed by atoms with Crippen LogP contribution in [0, 0.1) is 0 Å². The predicted molar refractivity (Wildman–Crippen MR) is 107 cm³/mol. The Morgan fingerprint density at radius 1 is 1.15 bits per heavy atom. The minimum Gasteiger partial charge on any atom is -0.375 e. The van der Waals surface area contributed by atoms with E-state index in [1.54, 1.807) is 43.3 Å². The zero-order chi connectivity index (χ0) is 19.1. The molecule has 0 unspecified atom stereocenters. The molecule has 0 aliphatic heterocycles. The van der Waals surface area contributed by atoms with Crippen LogP contribution in [-0.2, 0) is 4.79 Å². The highest BCUT2D eigenvalue weighted by atomic mass is 35.5. The molecule has 0 spiro atoms. The zero-order valence-corrected chi connectivity index (χ0v) is 15.7. The van der Waals surface area contributed by atoms with Gasteiger partial charge in [0, 0.05) is 37.0 Å². The van der Waals surface area contributed by atoms with E-state index in [2.05, 4.69) is 11.9 Å². The molecule has 5 nitrogen and oxygen atoms in total. The Hall–Kier alpha value is -2.79. The molecule has 0 aliphatic rings. The Morgan fingerprint density at radius 3 is 2.46 bits per heavy atom. The minimum absolute atomic E-state index is 0.0246. The second kappa shape index (κ2) is 9.06. The summed E-state index contributed by atoms with van der Waals surface area (Å²) < 4.78 is 0. The Kier molecular flexibility index (Phi) is 6.81. The number of nitrogens with zero attached hydrogens (tertiary/aromatic N) is 2. The maximum absolute atomic E-state index is 12.7. The van der Waals surface area contributed by atoms with E-state index in [1.165, 1.54) is 4.90 Å². The van der Waals surface area contributed by atoms with E-state index in [0.717, 1.165) is 5.69 Å². The standard InChI is InChI=1S/C20H22ClN3O2/c1-4-12-24(16-8-6-5-7-9-16)19(25)14-22-18-13-15(21)10-11-17(18)20(26)23(2)3/h4-11,13,22H,1,12,14H2,2-3H3. The topological polar surface area (TPSA) is 52.7 Å². The van der Waals surface area contributed by atoms with Gasteiger partial charge >= 0.3 is 0 Å². The van der Waals surface area contributed by atoms with Gasteiger partial charge in [-0.25, -0.2) is 0 Å². The summed E-state index contributed by atoms with van der Waals surface area (Å²) in [6, 6.07) is 14.3. The summed E-state index contributed by atoms with van der Waals surface area (Å²) >= 11 is 6.05. The van der Waals surface area contributed by atoms with Crippen molar-refractivity contribution in [3.63, 3.8) is 0 Å². The van der Waals surface area contributed by atoms with Crippen LogP contribution in [0.15, 0.2) is 61.2 Å². The molecular formula is C20H22ClN3O2. The van der Waals surface area contributed by atoms with Gasteiger partial charge in [0.15, 0.2) is 0 Å². The van der Waals surface area contributed by atoms with Crippen molar-refractivity contribution < 1.29 is 9.59 Å². The molecule has 0 atom stereocenters. The molecule has 0 fully saturated rings. The van der Waals surface area contributed by atoms with Crippen LogP contribution in [0.2, 0.25) is 5.02 Å². The van der Waals surface area contributed by atoms with Gasteiger partial charge in [-0.3, -0.25) is 9.59 Å². The Bertz CT molecular complexity index is 791. The molecule has 1 N–H and O–H groups in total. The molecular weight excluding hydrogens is 350 g/mol. The molecule has 6 heteroatoms. The Morgan fingerprint density at radius 2 is 1.85 bits per heavy atom. The number of amides is 2. The van der Waals surface area contributed by atoms with E-state index in [-0.39, 0.29) is 18.4 Å². The lowest BCUT2D eigenvalue weighted by atomic mass is 10.1. The average Bonchev–Trinajstić information content (AvgIpc) is 2.64. The summed E-state index contributed by atoms with van der Waals surface area (Å²) in [5, 5.41) is 3.53. The number of halogens is 1. The monoisotopic (exact) mass is 371 g/mol. The minimum atomic E-state index is -0.164. The summed E-state index contributed by atoms with van der Waals surface area (Å²) in [6.07, 6.45) is 1.67. The van der Waals surface area contributed by atoms with Crippen LogP contribution < -0.4 is 10.2 Å². The average molecular weight is 372 g/mol. The molecule has 0 aromatic heterocycles. The summed E-state index contributed by atoms with van der Waals surface area (Å²) in [5.74, 6) is -0.304. The highest BCUT2D eigenvalue weighted by molar-refractivity contribution is 6.31. The van der Waals surface area contributed by atoms with Crippen LogP contribution in [-0.4, -0.2) is 43.9 Å². The van der Waals surface area contributed by atoms with E-state index in [9.17, 15) is 9.59 Å². The lowest BCUT2D eigenvalue weighted by Crippen LogP contribution is -2.36. The quantitative estimate of drug-likeness (QED) is 0.755. The number of carbonyl (C=O) groups excluding carboxylic acids is 2. The van der Waals surface area contributed by atoms with Crippen LogP contribution in [0.3, 0.4) is 0 Å². The number of carbonyl (C=O) groups is 2. The molecule has 0 aliphatic carbocycles. The van der Waals surface area contributed by atoms with E-state index in [0.29, 0.717) is 22.8 Å². The Labute approximate surface area is 158 Å². The first-order valence-corrected chi connectivity index (χ1v) is 8.53. The molecule has 0 radical (unpaired) electrons. The fraction of sp³-hybridized carbons (Fsp3) is 0.200. The van der Waals surface area contributed by atoms with Crippen molar-refractivity contribution in [1.82, 2.24) is 4.90 Å². The molecule has 2 aromatic carbocycles. The highest BCUT2D eigenvalue weighted by Crippen LogP contribution is 2.22. The third kappa shape index (κ3) is 4.86. The molecule has 0 bridgehead atoms. The van der Waals surface area contributed by atoms with Gasteiger partial charge in [0.25, 0.3) is 5.91 Å². The number of hydrogen-bond donors (Lipinski definition) is 1. The van der Waals surface area contributed by atoms with Crippen LogP contribution in [0.25, 0.3) is 0 Å². The van der Waals surface area contributed by atoms with Crippen LogP contribution in [0.5, 0.6) is 0 Å². The number of benzene rings is 2. The van der Waals surface area contributed by atoms with Crippen molar-refractivity contribution in [2.24, 2.45) is 0 Å². The molecule has 2 aromatic rings. The maximum Gasteiger partial charge on any atom is 0.255 e. The molecule has 2 rings (SSSR count). The van der Waals surface area contributed by atoms with Crippen molar-refractivity contribution in [3.05, 3.63) is 71.8 Å². The van der Waals surface area contributed by atoms with Gasteiger partial charge in [-0.15, -0.1) is 6.58 Å². The van der Waals surface area contributed by atoms with Crippen LogP contribution in [0.1, 0.15) is 10.4 Å². The number of nitrogens with one attached hydrogen (secondary N) is 1. The van der Waals surface area contributed by atoms with E-state index >= 15 is 0 Å². The fourth-order valence-corrected chi connectivity index (χ4v) is 2.62. The second-order valence-corrected chi connectivity index (χ2v) is 6.31. The van der Waals surface area contributed by atoms with Gasteiger partial charge in [-0.2, -0.15) is 0 Å². The second-order valence-electron chi connectivity index (χ2n) is 5.87. The fourth-order valence-electron chi connectivity index (χ4n) is 2.44. The lowest BCUT2D eigenvalue weighted by molar-refractivity contribution is -0.116. The van der Waals surface area contributed by atoms with E-state index in [1.807, 2.05) is 30.3 Å². The highest BCUT2D eigenvalue weighted by Gasteiger charge is 2.17. The van der Waals surface area contributed by atoms with Crippen molar-refractivity contribution in [2.45, 2.75) is 0 Å². The van der Waals surface area contributed by atoms with Crippen molar-refractivity contribution in [3.8, 4) is 0 Å². The third-order valence-electron chi connectivity index (χ3n) is 3.73. The summed E-state index contributed by atoms with van der Waals surface area (Å²) in [7, 11) is 3.35. The Balaban J connectivity index is 2.19. The van der Waals surface area contributed by atoms with Gasteiger partial charge in [0.05, 0.1) is 12.1 Å². The molecule has 26 heavy (non-hydrogen) atoms. The van der Waals surface area contributed by atoms with Crippen molar-refractivity contribution >= 4 is 34.8 Å². The van der Waals surface area contributed by atoms with Crippen molar-refractivity contribution in [1.29, 1.82) is 0 Å². The maximum atomic E-state index is 12.7. The SMILES string of the molecule is C=CCN(C(=O)CNc1cc(Cl)ccc1C(=O)N(C)C)c1ccccc1. The number of rotatable bonds is 7. The van der Waals surface area contributed by atoms with Gasteiger partial charge in [0.1, 0.15) is 0 Å². The largest absolute Gasteiger partial charge is 0.375 e. The first-order chi connectivity index (χ1) is 12.4. The smallest absolute Gasteiger partial charge is 0.255 e.